The van der Waals surface area contributed by atoms with Crippen LogP contribution in [-0.4, -0.2) is 36.1 Å². The van der Waals surface area contributed by atoms with E-state index in [4.69, 9.17) is 0 Å². The van der Waals surface area contributed by atoms with Crippen LogP contribution in [0.1, 0.15) is 5.56 Å². The maximum atomic E-state index is 4.05. The van der Waals surface area contributed by atoms with Crippen LogP contribution in [0, 0.1) is 0 Å². The predicted molar refractivity (Wildman–Crippen MR) is 92.3 cm³/mol. The number of pyridine rings is 1. The van der Waals surface area contributed by atoms with Crippen molar-refractivity contribution < 1.29 is 0 Å². The summed E-state index contributed by atoms with van der Waals surface area (Å²) in [5, 5.41) is 3.38. The minimum Gasteiger partial charge on any atom is -0.314 e. The van der Waals surface area contributed by atoms with Crippen molar-refractivity contribution in [1.82, 2.24) is 15.2 Å². The number of piperazine rings is 1. The number of hydrogen-bond acceptors (Lipinski definition) is 3. The highest BCUT2D eigenvalue weighted by Gasteiger charge is 2.09. The molecule has 0 bridgehead atoms. The van der Waals surface area contributed by atoms with Gasteiger partial charge in [0.1, 0.15) is 0 Å². The quantitative estimate of drug-likeness (QED) is 0.940. The third-order valence-corrected chi connectivity index (χ3v) is 3.58. The lowest BCUT2D eigenvalue weighted by atomic mass is 10.0. The Morgan fingerprint density at radius 2 is 1.43 bits per heavy atom. The van der Waals surface area contributed by atoms with Gasteiger partial charge in [0.15, 0.2) is 0 Å². The highest BCUT2D eigenvalue weighted by Crippen LogP contribution is 2.19. The second-order valence-electron chi connectivity index (χ2n) is 4.96. The van der Waals surface area contributed by atoms with Crippen molar-refractivity contribution in [3.05, 3.63) is 54.4 Å². The maximum Gasteiger partial charge on any atom is 0.0273 e. The fraction of sp³-hybridized carbons (Fsp3) is 0.312. The number of aromatic nitrogens is 1. The first-order valence-corrected chi connectivity index (χ1v) is 6.84. The summed E-state index contributed by atoms with van der Waals surface area (Å²) in [5.41, 5.74) is 3.87. The van der Waals surface area contributed by atoms with E-state index in [2.05, 4.69) is 39.5 Å². The van der Waals surface area contributed by atoms with Gasteiger partial charge < -0.3 is 5.32 Å². The Kier molecular flexibility index (Phi) is 7.68. The Morgan fingerprint density at radius 3 is 2.05 bits per heavy atom. The topological polar surface area (TPSA) is 28.2 Å². The minimum absolute atomic E-state index is 0. The molecule has 1 aromatic heterocycles. The molecule has 0 amide bonds. The number of halogens is 2. The molecule has 1 aromatic carbocycles. The van der Waals surface area contributed by atoms with E-state index in [1.807, 2.05) is 24.5 Å². The van der Waals surface area contributed by atoms with Gasteiger partial charge in [-0.05, 0) is 28.8 Å². The zero-order valence-corrected chi connectivity index (χ0v) is 13.5. The molecule has 1 fully saturated rings. The fourth-order valence-corrected chi connectivity index (χ4v) is 2.47. The smallest absolute Gasteiger partial charge is 0.0273 e. The third-order valence-electron chi connectivity index (χ3n) is 3.58. The van der Waals surface area contributed by atoms with Gasteiger partial charge in [-0.3, -0.25) is 9.88 Å². The molecule has 0 atom stereocenters. The molecule has 0 aliphatic carbocycles. The summed E-state index contributed by atoms with van der Waals surface area (Å²) >= 11 is 0. The molecule has 1 aliphatic rings. The van der Waals surface area contributed by atoms with Crippen LogP contribution in [0.4, 0.5) is 0 Å². The summed E-state index contributed by atoms with van der Waals surface area (Å²) in [7, 11) is 0. The Labute approximate surface area is 138 Å². The summed E-state index contributed by atoms with van der Waals surface area (Å²) in [6.07, 6.45) is 3.67. The van der Waals surface area contributed by atoms with Crippen LogP contribution >= 0.6 is 24.8 Å². The van der Waals surface area contributed by atoms with Crippen molar-refractivity contribution in [3.8, 4) is 11.1 Å². The van der Waals surface area contributed by atoms with Crippen molar-refractivity contribution >= 4 is 24.8 Å². The highest BCUT2D eigenvalue weighted by atomic mass is 35.5. The Hall–Kier alpha value is -1.13. The van der Waals surface area contributed by atoms with Crippen molar-refractivity contribution in [2.24, 2.45) is 0 Å². The highest BCUT2D eigenvalue weighted by molar-refractivity contribution is 5.85. The van der Waals surface area contributed by atoms with Gasteiger partial charge in [0, 0.05) is 45.1 Å². The molecule has 0 saturated carbocycles. The molecule has 0 spiro atoms. The average molecular weight is 326 g/mol. The van der Waals surface area contributed by atoms with E-state index < -0.39 is 0 Å². The average Bonchev–Trinajstić information content (AvgIpc) is 2.50. The molecule has 3 nitrogen and oxygen atoms in total. The minimum atomic E-state index is 0. The number of benzene rings is 1. The van der Waals surface area contributed by atoms with E-state index in [9.17, 15) is 0 Å². The molecule has 114 valence electrons. The molecule has 2 heterocycles. The Balaban J connectivity index is 0.00000110. The summed E-state index contributed by atoms with van der Waals surface area (Å²) in [5.74, 6) is 0. The molecule has 2 aromatic rings. The van der Waals surface area contributed by atoms with Gasteiger partial charge in [-0.25, -0.2) is 0 Å². The third kappa shape index (κ3) is 4.97. The SMILES string of the molecule is Cl.Cl.c1cc(-c2ccc(CN3CCNCC3)cc2)ccn1. The van der Waals surface area contributed by atoms with E-state index in [-0.39, 0.29) is 24.8 Å². The lowest BCUT2D eigenvalue weighted by Crippen LogP contribution is -2.42. The summed E-state index contributed by atoms with van der Waals surface area (Å²) in [6, 6.07) is 13.0. The molecule has 0 unspecified atom stereocenters. The Bertz CT molecular complexity index is 511. The molecular formula is C16H21Cl2N3. The number of nitrogens with one attached hydrogen (secondary N) is 1. The number of hydrogen-bond donors (Lipinski definition) is 1. The molecule has 0 radical (unpaired) electrons. The largest absolute Gasteiger partial charge is 0.314 e. The van der Waals surface area contributed by atoms with Gasteiger partial charge in [0.05, 0.1) is 0 Å². The first-order chi connectivity index (χ1) is 9.42. The van der Waals surface area contributed by atoms with Crippen molar-refractivity contribution in [1.29, 1.82) is 0 Å². The van der Waals surface area contributed by atoms with Gasteiger partial charge in [0.2, 0.25) is 0 Å². The van der Waals surface area contributed by atoms with Gasteiger partial charge in [-0.2, -0.15) is 0 Å². The first-order valence-electron chi connectivity index (χ1n) is 6.84. The molecule has 1 saturated heterocycles. The maximum absolute atomic E-state index is 4.05. The van der Waals surface area contributed by atoms with Gasteiger partial charge in [-0.1, -0.05) is 24.3 Å². The van der Waals surface area contributed by atoms with E-state index >= 15 is 0 Å². The number of rotatable bonds is 3. The molecular weight excluding hydrogens is 305 g/mol. The molecule has 21 heavy (non-hydrogen) atoms. The van der Waals surface area contributed by atoms with E-state index in [0.717, 1.165) is 32.7 Å². The van der Waals surface area contributed by atoms with E-state index in [1.165, 1.54) is 16.7 Å². The summed E-state index contributed by atoms with van der Waals surface area (Å²) < 4.78 is 0. The second-order valence-corrected chi connectivity index (χ2v) is 4.96. The van der Waals surface area contributed by atoms with Crippen molar-refractivity contribution in [3.63, 3.8) is 0 Å². The molecule has 3 rings (SSSR count). The lowest BCUT2D eigenvalue weighted by Gasteiger charge is -2.27. The second kappa shape index (κ2) is 9.00. The van der Waals surface area contributed by atoms with Gasteiger partial charge in [0.25, 0.3) is 0 Å². The molecule has 1 N–H and O–H groups in total. The van der Waals surface area contributed by atoms with Gasteiger partial charge in [-0.15, -0.1) is 24.8 Å². The zero-order valence-electron chi connectivity index (χ0n) is 11.9. The van der Waals surface area contributed by atoms with E-state index in [0.29, 0.717) is 0 Å². The van der Waals surface area contributed by atoms with Crippen LogP contribution in [0.25, 0.3) is 11.1 Å². The summed E-state index contributed by atoms with van der Waals surface area (Å²) in [6.45, 7) is 5.56. The lowest BCUT2D eigenvalue weighted by molar-refractivity contribution is 0.233. The summed E-state index contributed by atoms with van der Waals surface area (Å²) in [4.78, 5) is 6.55. The van der Waals surface area contributed by atoms with Crippen molar-refractivity contribution in [2.45, 2.75) is 6.54 Å². The molecule has 5 heteroatoms. The normalized spacial score (nSPS) is 14.9. The number of nitrogens with zero attached hydrogens (tertiary/aromatic N) is 2. The fourth-order valence-electron chi connectivity index (χ4n) is 2.47. The van der Waals surface area contributed by atoms with Gasteiger partial charge >= 0.3 is 0 Å². The monoisotopic (exact) mass is 325 g/mol. The van der Waals surface area contributed by atoms with Crippen LogP contribution in [-0.2, 0) is 6.54 Å². The standard InChI is InChI=1S/C16H19N3.2ClH/c1-3-15(16-5-7-17-8-6-16)4-2-14(1)13-19-11-9-18-10-12-19;;/h1-8,18H,9-13H2;2*1H. The van der Waals surface area contributed by atoms with Crippen molar-refractivity contribution in [2.75, 3.05) is 26.2 Å². The van der Waals surface area contributed by atoms with Crippen LogP contribution in [0.5, 0.6) is 0 Å². The van der Waals surface area contributed by atoms with E-state index in [1.54, 1.807) is 0 Å². The molecule has 1 aliphatic heterocycles. The van der Waals surface area contributed by atoms with Crippen LogP contribution in [0.2, 0.25) is 0 Å². The Morgan fingerprint density at radius 1 is 0.857 bits per heavy atom. The predicted octanol–water partition coefficient (Wildman–Crippen LogP) is 3.00. The van der Waals surface area contributed by atoms with Crippen LogP contribution in [0.3, 0.4) is 0 Å². The zero-order chi connectivity index (χ0) is 12.9. The van der Waals surface area contributed by atoms with Crippen LogP contribution in [0.15, 0.2) is 48.8 Å². The van der Waals surface area contributed by atoms with Crippen LogP contribution < -0.4 is 5.32 Å². The first kappa shape index (κ1) is 17.9.